The van der Waals surface area contributed by atoms with Gasteiger partial charge in [-0.15, -0.1) is 11.3 Å². The third-order valence-electron chi connectivity index (χ3n) is 8.85. The number of thiophene rings is 1. The molecule has 10 rings (SSSR count). The number of para-hydroxylation sites is 3. The Morgan fingerprint density at radius 1 is 0.489 bits per heavy atom. The van der Waals surface area contributed by atoms with Crippen LogP contribution in [0, 0.1) is 0 Å². The van der Waals surface area contributed by atoms with Gasteiger partial charge in [-0.2, -0.15) is 0 Å². The van der Waals surface area contributed by atoms with Gasteiger partial charge in [0, 0.05) is 37.2 Å². The van der Waals surface area contributed by atoms with E-state index in [1.165, 1.54) is 26.6 Å². The Morgan fingerprint density at radius 3 is 1.96 bits per heavy atom. The molecule has 0 aliphatic heterocycles. The van der Waals surface area contributed by atoms with Crippen molar-refractivity contribution in [3.8, 4) is 28.3 Å². The van der Waals surface area contributed by atoms with E-state index in [4.69, 9.17) is 14.4 Å². The molecule has 0 amide bonds. The molecule has 0 aliphatic carbocycles. The fraction of sp³-hybridized carbons (Fsp3) is 0. The fourth-order valence-corrected chi connectivity index (χ4v) is 8.09. The SMILES string of the molecule is c1ccc(-c2cccc3c2sc2c(-c4ccc5c(c4)oc4ccccc45)nc(-n4c5ccccc5c5ccccc54)nc23)cc1. The highest BCUT2D eigenvalue weighted by Gasteiger charge is 2.21. The first-order valence-electron chi connectivity index (χ1n) is 15.0. The second-order valence-corrected chi connectivity index (χ2v) is 12.4. The minimum atomic E-state index is 0.657. The van der Waals surface area contributed by atoms with Gasteiger partial charge < -0.3 is 4.42 Å². The van der Waals surface area contributed by atoms with E-state index < -0.39 is 0 Å². The monoisotopic (exact) mass is 593 g/mol. The molecule has 4 nitrogen and oxygen atoms in total. The molecule has 4 heterocycles. The molecule has 0 saturated heterocycles. The van der Waals surface area contributed by atoms with Gasteiger partial charge >= 0.3 is 0 Å². The van der Waals surface area contributed by atoms with Crippen molar-refractivity contribution in [1.29, 1.82) is 0 Å². The molecule has 4 aromatic heterocycles. The van der Waals surface area contributed by atoms with E-state index in [9.17, 15) is 0 Å². The lowest BCUT2D eigenvalue weighted by Crippen LogP contribution is -2.02. The largest absolute Gasteiger partial charge is 0.456 e. The van der Waals surface area contributed by atoms with Gasteiger partial charge in [-0.25, -0.2) is 9.97 Å². The maximum atomic E-state index is 6.34. The summed E-state index contributed by atoms with van der Waals surface area (Å²) in [4.78, 5) is 10.8. The zero-order chi connectivity index (χ0) is 29.5. The molecule has 6 aromatic carbocycles. The van der Waals surface area contributed by atoms with E-state index >= 15 is 0 Å². The van der Waals surface area contributed by atoms with Crippen molar-refractivity contribution in [1.82, 2.24) is 14.5 Å². The quantitative estimate of drug-likeness (QED) is 0.205. The zero-order valence-corrected chi connectivity index (χ0v) is 24.8. The lowest BCUT2D eigenvalue weighted by Gasteiger charge is -2.10. The van der Waals surface area contributed by atoms with Crippen LogP contribution in [-0.2, 0) is 0 Å². The minimum Gasteiger partial charge on any atom is -0.456 e. The smallest absolute Gasteiger partial charge is 0.235 e. The molecule has 0 saturated carbocycles. The molecule has 0 unspecified atom stereocenters. The van der Waals surface area contributed by atoms with Crippen molar-refractivity contribution in [2.45, 2.75) is 0 Å². The van der Waals surface area contributed by atoms with Gasteiger partial charge in [0.15, 0.2) is 0 Å². The Kier molecular flexibility index (Phi) is 5.12. The van der Waals surface area contributed by atoms with E-state index in [-0.39, 0.29) is 0 Å². The number of furan rings is 1. The Balaban J connectivity index is 1.33. The third kappa shape index (κ3) is 3.59. The van der Waals surface area contributed by atoms with Gasteiger partial charge in [0.25, 0.3) is 0 Å². The van der Waals surface area contributed by atoms with Crippen LogP contribution >= 0.6 is 11.3 Å². The summed E-state index contributed by atoms with van der Waals surface area (Å²) in [5.74, 6) is 0.657. The first-order chi connectivity index (χ1) is 22.3. The molecule has 0 N–H and O–H groups in total. The van der Waals surface area contributed by atoms with Gasteiger partial charge in [0.1, 0.15) is 11.2 Å². The molecule has 5 heteroatoms. The van der Waals surface area contributed by atoms with Crippen LogP contribution in [0.4, 0.5) is 0 Å². The molecule has 0 aliphatic rings. The molecule has 10 aromatic rings. The highest BCUT2D eigenvalue weighted by atomic mass is 32.1. The molecular formula is C40H23N3OS. The Hall–Kier alpha value is -5.78. The summed E-state index contributed by atoms with van der Waals surface area (Å²) < 4.78 is 10.8. The average Bonchev–Trinajstić information content (AvgIpc) is 3.77. The Morgan fingerprint density at radius 2 is 1.16 bits per heavy atom. The van der Waals surface area contributed by atoms with Crippen LogP contribution < -0.4 is 0 Å². The third-order valence-corrected chi connectivity index (χ3v) is 10.1. The lowest BCUT2D eigenvalue weighted by atomic mass is 10.0. The van der Waals surface area contributed by atoms with E-state index in [0.717, 1.165) is 59.8 Å². The molecule has 45 heavy (non-hydrogen) atoms. The van der Waals surface area contributed by atoms with Crippen molar-refractivity contribution >= 4 is 75.4 Å². The topological polar surface area (TPSA) is 43.9 Å². The van der Waals surface area contributed by atoms with E-state index in [2.05, 4.69) is 132 Å². The van der Waals surface area contributed by atoms with Crippen LogP contribution in [0.2, 0.25) is 0 Å². The second kappa shape index (κ2) is 9.36. The minimum absolute atomic E-state index is 0.657. The number of nitrogens with zero attached hydrogens (tertiary/aromatic N) is 3. The van der Waals surface area contributed by atoms with E-state index in [0.29, 0.717) is 5.95 Å². The van der Waals surface area contributed by atoms with Crippen LogP contribution in [0.3, 0.4) is 0 Å². The maximum Gasteiger partial charge on any atom is 0.235 e. The van der Waals surface area contributed by atoms with Gasteiger partial charge in [-0.1, -0.05) is 109 Å². The van der Waals surface area contributed by atoms with Crippen LogP contribution in [0.5, 0.6) is 0 Å². The average molecular weight is 594 g/mol. The number of benzene rings is 6. The second-order valence-electron chi connectivity index (χ2n) is 11.4. The van der Waals surface area contributed by atoms with Crippen LogP contribution in [0.1, 0.15) is 0 Å². The van der Waals surface area contributed by atoms with E-state index in [1.807, 2.05) is 12.1 Å². The molecule has 0 spiro atoms. The van der Waals surface area contributed by atoms with Crippen LogP contribution in [0.15, 0.2) is 144 Å². The summed E-state index contributed by atoms with van der Waals surface area (Å²) >= 11 is 1.76. The van der Waals surface area contributed by atoms with Crippen molar-refractivity contribution in [2.24, 2.45) is 0 Å². The Bertz CT molecular complexity index is 2720. The summed E-state index contributed by atoms with van der Waals surface area (Å²) in [6, 6.07) is 48.8. The normalized spacial score (nSPS) is 12.0. The maximum absolute atomic E-state index is 6.34. The standard InChI is InChI=1S/C40H23N3OS/c1-2-11-24(12-3-1)26-16-10-17-31-37-39(45-38(26)31)36(25-21-22-30-29-15-6-9-20-34(29)44-35(30)23-25)41-40(42-37)43-32-18-7-4-13-27(32)28-14-5-8-19-33(28)43/h1-23H. The first-order valence-corrected chi connectivity index (χ1v) is 15.8. The Labute approximate surface area is 261 Å². The number of fused-ring (bicyclic) bond motifs is 9. The van der Waals surface area contributed by atoms with Crippen LogP contribution in [-0.4, -0.2) is 14.5 Å². The van der Waals surface area contributed by atoms with Crippen molar-refractivity contribution < 1.29 is 4.42 Å². The molecule has 0 fully saturated rings. The molecule has 0 atom stereocenters. The van der Waals surface area contributed by atoms with Crippen molar-refractivity contribution in [3.05, 3.63) is 140 Å². The summed E-state index contributed by atoms with van der Waals surface area (Å²) in [5.41, 5.74) is 9.16. The number of aromatic nitrogens is 3. The fourth-order valence-electron chi connectivity index (χ4n) is 6.81. The summed E-state index contributed by atoms with van der Waals surface area (Å²) in [7, 11) is 0. The lowest BCUT2D eigenvalue weighted by molar-refractivity contribution is 0.669. The highest BCUT2D eigenvalue weighted by Crippen LogP contribution is 2.44. The number of hydrogen-bond acceptors (Lipinski definition) is 4. The summed E-state index contributed by atoms with van der Waals surface area (Å²) in [6.07, 6.45) is 0. The summed E-state index contributed by atoms with van der Waals surface area (Å²) in [6.45, 7) is 0. The molecular weight excluding hydrogens is 571 g/mol. The number of rotatable bonds is 3. The van der Waals surface area contributed by atoms with Crippen molar-refractivity contribution in [2.75, 3.05) is 0 Å². The first kappa shape index (κ1) is 24.6. The zero-order valence-electron chi connectivity index (χ0n) is 23.9. The molecule has 210 valence electrons. The van der Waals surface area contributed by atoms with E-state index in [1.54, 1.807) is 11.3 Å². The summed E-state index contributed by atoms with van der Waals surface area (Å²) in [5, 5.41) is 5.72. The highest BCUT2D eigenvalue weighted by molar-refractivity contribution is 7.26. The van der Waals surface area contributed by atoms with Gasteiger partial charge in [-0.05, 0) is 41.5 Å². The van der Waals surface area contributed by atoms with Gasteiger partial charge in [0.2, 0.25) is 5.95 Å². The molecule has 0 bridgehead atoms. The van der Waals surface area contributed by atoms with Gasteiger partial charge in [-0.3, -0.25) is 4.57 Å². The number of hydrogen-bond donors (Lipinski definition) is 0. The van der Waals surface area contributed by atoms with Gasteiger partial charge in [0.05, 0.1) is 26.9 Å². The predicted molar refractivity (Wildman–Crippen MR) is 187 cm³/mol. The molecule has 0 radical (unpaired) electrons. The predicted octanol–water partition coefficient (Wildman–Crippen LogP) is 11.2. The van der Waals surface area contributed by atoms with Crippen LogP contribution in [0.25, 0.3) is 92.4 Å². The van der Waals surface area contributed by atoms with Crippen molar-refractivity contribution in [3.63, 3.8) is 0 Å².